The Bertz CT molecular complexity index is 346. The van der Waals surface area contributed by atoms with Crippen LogP contribution in [0.4, 0.5) is 5.69 Å². The number of hydrogen-bond donors (Lipinski definition) is 1. The first kappa shape index (κ1) is 10.3. The third-order valence-corrected chi connectivity index (χ3v) is 1.92. The highest BCUT2D eigenvalue weighted by atomic mass is 14.9. The Labute approximate surface area is 84.1 Å². The zero-order chi connectivity index (χ0) is 10.4. The van der Waals surface area contributed by atoms with E-state index in [-0.39, 0.29) is 0 Å². The van der Waals surface area contributed by atoms with E-state index in [0.29, 0.717) is 5.69 Å². The molecule has 0 bridgehead atoms. The van der Waals surface area contributed by atoms with Gasteiger partial charge >= 0.3 is 0 Å². The molecule has 0 amide bonds. The lowest BCUT2D eigenvalue weighted by atomic mass is 10.2. The van der Waals surface area contributed by atoms with Crippen LogP contribution >= 0.6 is 0 Å². The summed E-state index contributed by atoms with van der Waals surface area (Å²) >= 11 is 0. The van der Waals surface area contributed by atoms with Crippen LogP contribution in [0, 0.1) is 11.3 Å². The molecule has 0 unspecified atom stereocenters. The smallest absolute Gasteiger partial charge is 0.140 e. The summed E-state index contributed by atoms with van der Waals surface area (Å²) in [6.07, 6.45) is 2.62. The third kappa shape index (κ3) is 2.91. The average molecular weight is 187 g/mol. The normalized spacial score (nSPS) is 9.14. The zero-order valence-corrected chi connectivity index (χ0v) is 8.25. The Kier molecular flexibility index (Phi) is 3.69. The van der Waals surface area contributed by atoms with E-state index in [2.05, 4.69) is 23.8 Å². The van der Waals surface area contributed by atoms with Crippen molar-refractivity contribution in [2.24, 2.45) is 0 Å². The van der Waals surface area contributed by atoms with E-state index in [4.69, 9.17) is 5.26 Å². The third-order valence-electron chi connectivity index (χ3n) is 1.92. The van der Waals surface area contributed by atoms with E-state index < -0.39 is 0 Å². The Morgan fingerprint density at radius 2 is 2.43 bits per heavy atom. The molecule has 0 aliphatic rings. The second-order valence-corrected chi connectivity index (χ2v) is 3.00. The molecule has 1 heterocycles. The second-order valence-electron chi connectivity index (χ2n) is 3.00. The van der Waals surface area contributed by atoms with Gasteiger partial charge in [-0.05, 0) is 18.6 Å². The summed E-state index contributed by atoms with van der Waals surface area (Å²) in [4.78, 5) is 3.95. The van der Waals surface area contributed by atoms with Gasteiger partial charge in [-0.2, -0.15) is 5.26 Å². The Morgan fingerprint density at radius 3 is 2.93 bits per heavy atom. The molecule has 3 heteroatoms. The van der Waals surface area contributed by atoms with Crippen molar-refractivity contribution in [1.29, 1.82) is 5.26 Å². The lowest BCUT2D eigenvalue weighted by Crippen LogP contribution is -2.03. The van der Waals surface area contributed by atoms with Crippen LogP contribution in [-0.2, 0) is 0 Å². The van der Waals surface area contributed by atoms with Crippen molar-refractivity contribution in [3.8, 4) is 6.07 Å². The number of nitrogens with one attached hydrogen (secondary N) is 1. The summed E-state index contributed by atoms with van der Waals surface area (Å²) in [5.74, 6) is 0. The maximum Gasteiger partial charge on any atom is 0.140 e. The molecule has 0 saturated carbocycles. The lowest BCUT2D eigenvalue weighted by Gasteiger charge is -2.06. The van der Waals surface area contributed by atoms with Crippen molar-refractivity contribution in [1.82, 2.24) is 4.98 Å². The minimum atomic E-state index is 0.435. The van der Waals surface area contributed by atoms with E-state index in [1.54, 1.807) is 12.3 Å². The van der Waals surface area contributed by atoms with E-state index >= 15 is 0 Å². The first-order valence-electron chi connectivity index (χ1n) is 4.53. The summed E-state index contributed by atoms with van der Waals surface area (Å²) in [5.41, 5.74) is 2.50. The molecule has 0 aliphatic heterocycles. The van der Waals surface area contributed by atoms with Crippen LogP contribution in [0.25, 0.3) is 0 Å². The highest BCUT2D eigenvalue weighted by molar-refractivity contribution is 5.43. The molecule has 0 spiro atoms. The van der Waals surface area contributed by atoms with Crippen molar-refractivity contribution in [3.05, 3.63) is 36.2 Å². The maximum absolute atomic E-state index is 8.54. The number of nitriles is 1. The molecule has 1 aromatic rings. The minimum Gasteiger partial charge on any atom is -0.380 e. The van der Waals surface area contributed by atoms with Crippen molar-refractivity contribution in [2.45, 2.75) is 13.3 Å². The molecule has 1 aromatic heterocycles. The zero-order valence-electron chi connectivity index (χ0n) is 8.25. The van der Waals surface area contributed by atoms with Crippen LogP contribution < -0.4 is 5.32 Å². The SMILES string of the molecule is C=C(CC)CNc1ccc(C#N)nc1. The van der Waals surface area contributed by atoms with Gasteiger partial charge in [0.15, 0.2) is 0 Å². The molecule has 0 saturated heterocycles. The van der Waals surface area contributed by atoms with Crippen LogP contribution in [0.3, 0.4) is 0 Å². The van der Waals surface area contributed by atoms with Crippen LogP contribution in [0.2, 0.25) is 0 Å². The summed E-state index contributed by atoms with van der Waals surface area (Å²) in [5, 5.41) is 11.7. The number of nitrogens with zero attached hydrogens (tertiary/aromatic N) is 2. The number of pyridine rings is 1. The fourth-order valence-electron chi connectivity index (χ4n) is 0.917. The molecule has 1 N–H and O–H groups in total. The van der Waals surface area contributed by atoms with Gasteiger partial charge in [0.2, 0.25) is 0 Å². The van der Waals surface area contributed by atoms with Gasteiger partial charge in [-0.1, -0.05) is 19.1 Å². The summed E-state index contributed by atoms with van der Waals surface area (Å²) < 4.78 is 0. The molecule has 0 fully saturated rings. The second kappa shape index (κ2) is 5.03. The van der Waals surface area contributed by atoms with Crippen molar-refractivity contribution < 1.29 is 0 Å². The quantitative estimate of drug-likeness (QED) is 0.736. The molecule has 14 heavy (non-hydrogen) atoms. The van der Waals surface area contributed by atoms with Gasteiger partial charge in [-0.25, -0.2) is 4.98 Å². The number of rotatable bonds is 4. The van der Waals surface area contributed by atoms with Crippen molar-refractivity contribution in [3.63, 3.8) is 0 Å². The van der Waals surface area contributed by atoms with Gasteiger partial charge in [-0.15, -0.1) is 0 Å². The summed E-state index contributed by atoms with van der Waals surface area (Å²) in [6, 6.07) is 5.51. The standard InChI is InChI=1S/C11H13N3/c1-3-9(2)7-13-11-5-4-10(6-12)14-8-11/h4-5,8,13H,2-3,7H2,1H3. The minimum absolute atomic E-state index is 0.435. The molecule has 0 atom stereocenters. The van der Waals surface area contributed by atoms with Crippen LogP contribution in [0.5, 0.6) is 0 Å². The molecule has 1 rings (SSSR count). The fraction of sp³-hybridized carbons (Fsp3) is 0.273. The predicted octanol–water partition coefficient (Wildman–Crippen LogP) is 2.33. The highest BCUT2D eigenvalue weighted by Gasteiger charge is 1.94. The molecular weight excluding hydrogens is 174 g/mol. The lowest BCUT2D eigenvalue weighted by molar-refractivity contribution is 1.05. The summed E-state index contributed by atoms with van der Waals surface area (Å²) in [6.45, 7) is 6.71. The predicted molar refractivity (Wildman–Crippen MR) is 56.9 cm³/mol. The Balaban J connectivity index is 2.53. The van der Waals surface area contributed by atoms with Gasteiger partial charge in [-0.3, -0.25) is 0 Å². The Morgan fingerprint density at radius 1 is 1.64 bits per heavy atom. The van der Waals surface area contributed by atoms with E-state index in [1.807, 2.05) is 12.1 Å². The first-order valence-corrected chi connectivity index (χ1v) is 4.53. The summed E-state index contributed by atoms with van der Waals surface area (Å²) in [7, 11) is 0. The average Bonchev–Trinajstić information content (AvgIpc) is 2.26. The van der Waals surface area contributed by atoms with Crippen molar-refractivity contribution in [2.75, 3.05) is 11.9 Å². The molecule has 0 radical (unpaired) electrons. The van der Waals surface area contributed by atoms with Crippen LogP contribution in [-0.4, -0.2) is 11.5 Å². The Hall–Kier alpha value is -1.82. The van der Waals surface area contributed by atoms with Crippen LogP contribution in [0.1, 0.15) is 19.0 Å². The molecule has 3 nitrogen and oxygen atoms in total. The number of hydrogen-bond acceptors (Lipinski definition) is 3. The van der Waals surface area contributed by atoms with Gasteiger partial charge in [0.05, 0.1) is 11.9 Å². The topological polar surface area (TPSA) is 48.7 Å². The first-order chi connectivity index (χ1) is 6.76. The van der Waals surface area contributed by atoms with E-state index in [9.17, 15) is 0 Å². The molecule has 0 aromatic carbocycles. The largest absolute Gasteiger partial charge is 0.380 e. The number of aromatic nitrogens is 1. The van der Waals surface area contributed by atoms with Gasteiger partial charge < -0.3 is 5.32 Å². The fourth-order valence-corrected chi connectivity index (χ4v) is 0.917. The molecular formula is C11H13N3. The number of anilines is 1. The molecule has 0 aliphatic carbocycles. The van der Waals surface area contributed by atoms with Crippen LogP contribution in [0.15, 0.2) is 30.5 Å². The van der Waals surface area contributed by atoms with Gasteiger partial charge in [0.25, 0.3) is 0 Å². The van der Waals surface area contributed by atoms with E-state index in [1.165, 1.54) is 0 Å². The van der Waals surface area contributed by atoms with Crippen molar-refractivity contribution >= 4 is 5.69 Å². The maximum atomic E-state index is 8.54. The van der Waals surface area contributed by atoms with Gasteiger partial charge in [0, 0.05) is 6.54 Å². The highest BCUT2D eigenvalue weighted by Crippen LogP contribution is 2.06. The molecule has 72 valence electrons. The van der Waals surface area contributed by atoms with Gasteiger partial charge in [0.1, 0.15) is 11.8 Å². The monoisotopic (exact) mass is 187 g/mol. The van der Waals surface area contributed by atoms with E-state index in [0.717, 1.165) is 24.2 Å².